The normalized spacial score (nSPS) is 16.2. The molecule has 0 heterocycles. The van der Waals surface area contributed by atoms with Crippen LogP contribution < -0.4 is 0 Å². The van der Waals surface area contributed by atoms with E-state index in [0.29, 0.717) is 0 Å². The van der Waals surface area contributed by atoms with E-state index in [1.54, 1.807) is 0 Å². The molecule has 0 saturated carbocycles. The second-order valence-electron chi connectivity index (χ2n) is 2.00. The first kappa shape index (κ1) is 8.50. The van der Waals surface area contributed by atoms with Crippen molar-refractivity contribution >= 4 is 17.6 Å². The quantitative estimate of drug-likeness (QED) is 0.488. The minimum atomic E-state index is -1.18. The number of allylic oxidation sites excluding steroid dienone is 1. The van der Waals surface area contributed by atoms with Crippen LogP contribution in [0.2, 0.25) is 0 Å². The molecule has 1 unspecified atom stereocenters. The fourth-order valence-electron chi connectivity index (χ4n) is 0.358. The number of carboxylic acid groups (broad SMARTS) is 1. The summed E-state index contributed by atoms with van der Waals surface area (Å²) in [5.74, 6) is -1.01. The number of halogens is 1. The fraction of sp³-hybridized carbons (Fsp3) is 0.500. The van der Waals surface area contributed by atoms with Gasteiger partial charge in [0.15, 0.2) is 0 Å². The molecule has 0 radical (unpaired) electrons. The lowest BCUT2D eigenvalue weighted by molar-refractivity contribution is -0.139. The molecular weight excluding hydrogens is 140 g/mol. The monoisotopic (exact) mass is 148 g/mol. The summed E-state index contributed by atoms with van der Waals surface area (Å²) >= 11 is 5.50. The number of hydrogen-bond acceptors (Lipinski definition) is 1. The van der Waals surface area contributed by atoms with Gasteiger partial charge in [-0.1, -0.05) is 6.08 Å². The Morgan fingerprint density at radius 3 is 2.56 bits per heavy atom. The van der Waals surface area contributed by atoms with E-state index >= 15 is 0 Å². The predicted octanol–water partition coefficient (Wildman–Crippen LogP) is 1.64. The van der Waals surface area contributed by atoms with Crippen molar-refractivity contribution in [3.63, 3.8) is 0 Å². The molecule has 0 aliphatic rings. The van der Waals surface area contributed by atoms with Crippen LogP contribution in [0.15, 0.2) is 12.7 Å². The van der Waals surface area contributed by atoms with Crippen LogP contribution in [0.1, 0.15) is 13.3 Å². The first-order valence-corrected chi connectivity index (χ1v) is 2.91. The van der Waals surface area contributed by atoms with E-state index < -0.39 is 10.8 Å². The van der Waals surface area contributed by atoms with Gasteiger partial charge in [0.1, 0.15) is 4.87 Å². The van der Waals surface area contributed by atoms with Crippen molar-refractivity contribution in [3.05, 3.63) is 12.7 Å². The van der Waals surface area contributed by atoms with Gasteiger partial charge in [-0.25, -0.2) is 0 Å². The Labute approximate surface area is 59.1 Å². The summed E-state index contributed by atoms with van der Waals surface area (Å²) in [6, 6.07) is 0. The standard InChI is InChI=1S/C6H9ClO2/c1-3-4-6(2,7)5(8)9/h3H,1,4H2,2H3,(H,8,9). The minimum absolute atomic E-state index is 0.282. The van der Waals surface area contributed by atoms with E-state index in [4.69, 9.17) is 16.7 Å². The van der Waals surface area contributed by atoms with Crippen LogP contribution in [0.3, 0.4) is 0 Å². The molecule has 0 aromatic rings. The number of hydrogen-bond donors (Lipinski definition) is 1. The molecule has 1 atom stereocenters. The van der Waals surface area contributed by atoms with Gasteiger partial charge in [-0.15, -0.1) is 18.2 Å². The highest BCUT2D eigenvalue weighted by atomic mass is 35.5. The fourth-order valence-corrected chi connectivity index (χ4v) is 0.467. The van der Waals surface area contributed by atoms with Gasteiger partial charge in [0.2, 0.25) is 0 Å². The zero-order valence-corrected chi connectivity index (χ0v) is 5.98. The third-order valence-corrected chi connectivity index (χ3v) is 1.29. The van der Waals surface area contributed by atoms with Gasteiger partial charge >= 0.3 is 5.97 Å². The topological polar surface area (TPSA) is 37.3 Å². The van der Waals surface area contributed by atoms with Gasteiger partial charge in [-0.05, 0) is 13.3 Å². The van der Waals surface area contributed by atoms with E-state index in [9.17, 15) is 4.79 Å². The van der Waals surface area contributed by atoms with Gasteiger partial charge in [0.05, 0.1) is 0 Å². The van der Waals surface area contributed by atoms with Gasteiger partial charge in [0, 0.05) is 0 Å². The van der Waals surface area contributed by atoms with Crippen LogP contribution in [0.25, 0.3) is 0 Å². The summed E-state index contributed by atoms with van der Waals surface area (Å²) in [5.41, 5.74) is 0. The molecule has 1 N–H and O–H groups in total. The smallest absolute Gasteiger partial charge is 0.324 e. The summed E-state index contributed by atoms with van der Waals surface area (Å²) in [4.78, 5) is 9.05. The van der Waals surface area contributed by atoms with Crippen molar-refractivity contribution in [2.24, 2.45) is 0 Å². The SMILES string of the molecule is C=CCC(C)(Cl)C(=O)O. The third-order valence-electron chi connectivity index (χ3n) is 0.974. The van der Waals surface area contributed by atoms with Crippen LogP contribution in [0.4, 0.5) is 0 Å². The maximum Gasteiger partial charge on any atom is 0.324 e. The van der Waals surface area contributed by atoms with E-state index in [2.05, 4.69) is 6.58 Å². The highest BCUT2D eigenvalue weighted by molar-refractivity contribution is 6.33. The predicted molar refractivity (Wildman–Crippen MR) is 36.7 cm³/mol. The average molecular weight is 149 g/mol. The molecule has 0 spiro atoms. The van der Waals surface area contributed by atoms with Crippen LogP contribution in [-0.4, -0.2) is 16.0 Å². The number of rotatable bonds is 3. The van der Waals surface area contributed by atoms with E-state index in [1.165, 1.54) is 13.0 Å². The molecular formula is C6H9ClO2. The zero-order chi connectivity index (χ0) is 7.49. The lowest BCUT2D eigenvalue weighted by atomic mass is 10.1. The Morgan fingerprint density at radius 2 is 2.44 bits per heavy atom. The van der Waals surface area contributed by atoms with Crippen molar-refractivity contribution in [1.29, 1.82) is 0 Å². The summed E-state index contributed by atoms with van der Waals surface area (Å²) in [6.45, 7) is 4.82. The van der Waals surface area contributed by atoms with Crippen LogP contribution >= 0.6 is 11.6 Å². The third kappa shape index (κ3) is 2.51. The Morgan fingerprint density at radius 1 is 2.00 bits per heavy atom. The molecule has 3 heteroatoms. The molecule has 52 valence electrons. The molecule has 0 amide bonds. The molecule has 0 aliphatic heterocycles. The molecule has 0 aliphatic carbocycles. The van der Waals surface area contributed by atoms with Crippen LogP contribution in [-0.2, 0) is 4.79 Å². The molecule has 9 heavy (non-hydrogen) atoms. The van der Waals surface area contributed by atoms with Gasteiger partial charge in [-0.2, -0.15) is 0 Å². The Hall–Kier alpha value is -0.500. The summed E-state index contributed by atoms with van der Waals surface area (Å²) in [5, 5.41) is 8.39. The first-order chi connectivity index (χ1) is 4.00. The van der Waals surface area contributed by atoms with Crippen molar-refractivity contribution in [1.82, 2.24) is 0 Å². The van der Waals surface area contributed by atoms with Crippen LogP contribution in [0.5, 0.6) is 0 Å². The average Bonchev–Trinajstić information content (AvgIpc) is 1.65. The molecule has 2 nitrogen and oxygen atoms in total. The maximum absolute atomic E-state index is 10.2. The van der Waals surface area contributed by atoms with E-state index in [-0.39, 0.29) is 6.42 Å². The second-order valence-corrected chi connectivity index (χ2v) is 2.83. The molecule has 0 bridgehead atoms. The zero-order valence-electron chi connectivity index (χ0n) is 5.22. The van der Waals surface area contributed by atoms with Gasteiger partial charge in [-0.3, -0.25) is 4.79 Å². The Balaban J connectivity index is 4.00. The summed E-state index contributed by atoms with van der Waals surface area (Å²) < 4.78 is 0. The lowest BCUT2D eigenvalue weighted by Crippen LogP contribution is -2.27. The maximum atomic E-state index is 10.2. The number of carboxylic acids is 1. The Kier molecular flexibility index (Phi) is 2.71. The minimum Gasteiger partial charge on any atom is -0.480 e. The molecule has 0 fully saturated rings. The number of aliphatic carboxylic acids is 1. The summed E-state index contributed by atoms with van der Waals surface area (Å²) in [7, 11) is 0. The second kappa shape index (κ2) is 2.87. The summed E-state index contributed by atoms with van der Waals surface area (Å²) in [6.07, 6.45) is 1.77. The van der Waals surface area contributed by atoms with Crippen molar-refractivity contribution < 1.29 is 9.90 Å². The number of carbonyl (C=O) groups is 1. The van der Waals surface area contributed by atoms with Crippen molar-refractivity contribution in [3.8, 4) is 0 Å². The Bertz CT molecular complexity index is 129. The van der Waals surface area contributed by atoms with Gasteiger partial charge in [0.25, 0.3) is 0 Å². The van der Waals surface area contributed by atoms with Gasteiger partial charge < -0.3 is 5.11 Å². The molecule has 0 aromatic carbocycles. The molecule has 0 saturated heterocycles. The van der Waals surface area contributed by atoms with Crippen molar-refractivity contribution in [2.45, 2.75) is 18.2 Å². The largest absolute Gasteiger partial charge is 0.480 e. The van der Waals surface area contributed by atoms with E-state index in [1.807, 2.05) is 0 Å². The molecule has 0 rings (SSSR count). The lowest BCUT2D eigenvalue weighted by Gasteiger charge is -2.12. The first-order valence-electron chi connectivity index (χ1n) is 2.54. The van der Waals surface area contributed by atoms with Crippen molar-refractivity contribution in [2.75, 3.05) is 0 Å². The number of alkyl halides is 1. The van der Waals surface area contributed by atoms with Crippen LogP contribution in [0, 0.1) is 0 Å². The van der Waals surface area contributed by atoms with E-state index in [0.717, 1.165) is 0 Å². The highest BCUT2D eigenvalue weighted by Gasteiger charge is 2.27. The highest BCUT2D eigenvalue weighted by Crippen LogP contribution is 2.18. The molecule has 0 aromatic heterocycles.